The summed E-state index contributed by atoms with van der Waals surface area (Å²) >= 11 is 0. The zero-order valence-electron chi connectivity index (χ0n) is 13.0. The molecule has 0 bridgehead atoms. The first-order valence-corrected chi connectivity index (χ1v) is 7.59. The van der Waals surface area contributed by atoms with Crippen molar-refractivity contribution in [3.8, 4) is 5.69 Å². The van der Waals surface area contributed by atoms with Crippen molar-refractivity contribution in [3.05, 3.63) is 41.2 Å². The van der Waals surface area contributed by atoms with Crippen molar-refractivity contribution in [2.45, 2.75) is 20.3 Å². The van der Waals surface area contributed by atoms with Gasteiger partial charge in [0.25, 0.3) is 0 Å². The number of hydrogen-bond donors (Lipinski definition) is 2. The van der Waals surface area contributed by atoms with Crippen molar-refractivity contribution < 1.29 is 4.79 Å². The molecule has 0 aliphatic carbocycles. The van der Waals surface area contributed by atoms with Crippen LogP contribution in [0.2, 0.25) is 0 Å². The summed E-state index contributed by atoms with van der Waals surface area (Å²) in [5.41, 5.74) is 3.79. The maximum Gasteiger partial charge on any atom is 0.226 e. The molecular formula is C16H21N5O. The topological polar surface area (TPSA) is 71.8 Å². The average molecular weight is 299 g/mol. The number of nitrogens with one attached hydrogen (secondary N) is 2. The van der Waals surface area contributed by atoms with Crippen molar-refractivity contribution in [1.82, 2.24) is 25.6 Å². The highest BCUT2D eigenvalue weighted by atomic mass is 16.1. The summed E-state index contributed by atoms with van der Waals surface area (Å²) in [7, 11) is 0. The third-order valence-electron chi connectivity index (χ3n) is 4.05. The maximum absolute atomic E-state index is 12.0. The predicted octanol–water partition coefficient (Wildman–Crippen LogP) is 0.762. The lowest BCUT2D eigenvalue weighted by atomic mass is 10.0. The quantitative estimate of drug-likeness (QED) is 0.855. The summed E-state index contributed by atoms with van der Waals surface area (Å²) in [5.74, 6) is 0.569. The number of nitrogens with zero attached hydrogens (tertiary/aromatic N) is 3. The molecule has 2 aromatic rings. The van der Waals surface area contributed by atoms with Gasteiger partial charge in [-0.05, 0) is 26.0 Å². The van der Waals surface area contributed by atoms with E-state index in [0.29, 0.717) is 5.92 Å². The Hall–Kier alpha value is -2.21. The molecule has 1 amide bonds. The number of carbonyl (C=O) groups is 1. The Bertz CT molecular complexity index is 658. The molecule has 1 fully saturated rings. The molecular weight excluding hydrogens is 278 g/mol. The fraction of sp³-hybridized carbons (Fsp3) is 0.438. The van der Waals surface area contributed by atoms with Crippen LogP contribution in [-0.2, 0) is 11.2 Å². The molecule has 0 spiro atoms. The third kappa shape index (κ3) is 3.17. The van der Waals surface area contributed by atoms with E-state index in [9.17, 15) is 4.79 Å². The van der Waals surface area contributed by atoms with Crippen molar-refractivity contribution in [1.29, 1.82) is 0 Å². The smallest absolute Gasteiger partial charge is 0.226 e. The van der Waals surface area contributed by atoms with Gasteiger partial charge in [0.2, 0.25) is 5.91 Å². The molecule has 6 heteroatoms. The molecule has 0 saturated carbocycles. The minimum Gasteiger partial charge on any atom is -0.355 e. The first kappa shape index (κ1) is 14.7. The molecule has 1 saturated heterocycles. The minimum atomic E-state index is 0.00551. The normalized spacial score (nSPS) is 14.6. The molecule has 0 atom stereocenters. The summed E-state index contributed by atoms with van der Waals surface area (Å²) in [4.78, 5) is 12.0. The molecule has 2 heterocycles. The lowest BCUT2D eigenvalue weighted by molar-refractivity contribution is -0.120. The van der Waals surface area contributed by atoms with Crippen LogP contribution in [0.5, 0.6) is 0 Å². The van der Waals surface area contributed by atoms with Gasteiger partial charge in [0.15, 0.2) is 0 Å². The number of benzene rings is 1. The van der Waals surface area contributed by atoms with Crippen molar-refractivity contribution in [2.75, 3.05) is 19.6 Å². The van der Waals surface area contributed by atoms with E-state index in [-0.39, 0.29) is 12.3 Å². The van der Waals surface area contributed by atoms with Gasteiger partial charge in [-0.1, -0.05) is 22.9 Å². The summed E-state index contributed by atoms with van der Waals surface area (Å²) in [6.07, 6.45) is 0.276. The molecule has 1 aliphatic heterocycles. The van der Waals surface area contributed by atoms with Crippen molar-refractivity contribution >= 4 is 5.91 Å². The van der Waals surface area contributed by atoms with E-state index in [1.807, 2.05) is 38.1 Å². The Kier molecular flexibility index (Phi) is 4.20. The SMILES string of the molecule is Cc1ccc(-n2nnc(CC(=O)NCC3CNC3)c2C)cc1. The van der Waals surface area contributed by atoms with Gasteiger partial charge < -0.3 is 10.6 Å². The largest absolute Gasteiger partial charge is 0.355 e. The average Bonchev–Trinajstić information content (AvgIpc) is 2.80. The van der Waals surface area contributed by atoms with Crippen molar-refractivity contribution in [3.63, 3.8) is 0 Å². The molecule has 1 aromatic carbocycles. The van der Waals surface area contributed by atoms with Gasteiger partial charge in [-0.25, -0.2) is 4.68 Å². The molecule has 3 rings (SSSR count). The van der Waals surface area contributed by atoms with E-state index >= 15 is 0 Å². The summed E-state index contributed by atoms with van der Waals surface area (Å²) in [5, 5.41) is 14.5. The lowest BCUT2D eigenvalue weighted by Gasteiger charge is -2.26. The van der Waals surface area contributed by atoms with E-state index in [1.165, 1.54) is 5.56 Å². The van der Waals surface area contributed by atoms with E-state index < -0.39 is 0 Å². The first-order chi connectivity index (χ1) is 10.6. The van der Waals surface area contributed by atoms with Crippen LogP contribution < -0.4 is 10.6 Å². The molecule has 1 aromatic heterocycles. The highest BCUT2D eigenvalue weighted by Gasteiger charge is 2.18. The van der Waals surface area contributed by atoms with E-state index in [2.05, 4.69) is 20.9 Å². The van der Waals surface area contributed by atoms with E-state index in [1.54, 1.807) is 4.68 Å². The van der Waals surface area contributed by atoms with Crippen LogP contribution in [0.3, 0.4) is 0 Å². The van der Waals surface area contributed by atoms with Crippen LogP contribution in [0.4, 0.5) is 0 Å². The summed E-state index contributed by atoms with van der Waals surface area (Å²) in [6.45, 7) is 6.70. The molecule has 0 radical (unpaired) electrons. The Balaban J connectivity index is 1.64. The van der Waals surface area contributed by atoms with Gasteiger partial charge in [0.05, 0.1) is 23.5 Å². The van der Waals surface area contributed by atoms with Crippen molar-refractivity contribution in [2.24, 2.45) is 5.92 Å². The van der Waals surface area contributed by atoms with Crippen LogP contribution >= 0.6 is 0 Å². The third-order valence-corrected chi connectivity index (χ3v) is 4.05. The van der Waals surface area contributed by atoms with Crippen LogP contribution in [-0.4, -0.2) is 40.5 Å². The van der Waals surface area contributed by atoms with E-state index in [0.717, 1.165) is 36.7 Å². The number of aromatic nitrogens is 3. The second-order valence-electron chi connectivity index (χ2n) is 5.87. The van der Waals surface area contributed by atoms with Gasteiger partial charge in [-0.2, -0.15) is 0 Å². The van der Waals surface area contributed by atoms with Gasteiger partial charge in [0.1, 0.15) is 0 Å². The fourth-order valence-electron chi connectivity index (χ4n) is 2.42. The summed E-state index contributed by atoms with van der Waals surface area (Å²) in [6, 6.07) is 8.08. The highest BCUT2D eigenvalue weighted by Crippen LogP contribution is 2.13. The first-order valence-electron chi connectivity index (χ1n) is 7.59. The fourth-order valence-corrected chi connectivity index (χ4v) is 2.42. The molecule has 116 valence electrons. The second kappa shape index (κ2) is 6.27. The standard InChI is InChI=1S/C16H21N5O/c1-11-3-5-14(6-4-11)21-12(2)15(19-20-21)7-16(22)18-10-13-8-17-9-13/h3-6,13,17H,7-10H2,1-2H3,(H,18,22). The summed E-state index contributed by atoms with van der Waals surface area (Å²) < 4.78 is 1.78. The zero-order chi connectivity index (χ0) is 15.5. The number of rotatable bonds is 5. The lowest BCUT2D eigenvalue weighted by Crippen LogP contribution is -2.48. The zero-order valence-corrected chi connectivity index (χ0v) is 13.0. The number of hydrogen-bond acceptors (Lipinski definition) is 4. The molecule has 1 aliphatic rings. The maximum atomic E-state index is 12.0. The Morgan fingerprint density at radius 3 is 2.68 bits per heavy atom. The van der Waals surface area contributed by atoms with Gasteiger partial charge in [-0.15, -0.1) is 5.10 Å². The van der Waals surface area contributed by atoms with Crippen LogP contribution in [0, 0.1) is 19.8 Å². The Morgan fingerprint density at radius 2 is 2.05 bits per heavy atom. The predicted molar refractivity (Wildman–Crippen MR) is 83.9 cm³/mol. The molecule has 22 heavy (non-hydrogen) atoms. The van der Waals surface area contributed by atoms with Gasteiger partial charge in [-0.3, -0.25) is 4.79 Å². The highest BCUT2D eigenvalue weighted by molar-refractivity contribution is 5.78. The molecule has 0 unspecified atom stereocenters. The van der Waals surface area contributed by atoms with E-state index in [4.69, 9.17) is 0 Å². The number of aryl methyl sites for hydroxylation is 1. The van der Waals surface area contributed by atoms with Crippen LogP contribution in [0.1, 0.15) is 17.0 Å². The Labute approximate surface area is 129 Å². The van der Waals surface area contributed by atoms with Gasteiger partial charge in [0, 0.05) is 25.6 Å². The molecule has 6 nitrogen and oxygen atoms in total. The van der Waals surface area contributed by atoms with Crippen LogP contribution in [0.25, 0.3) is 5.69 Å². The minimum absolute atomic E-state index is 0.00551. The van der Waals surface area contributed by atoms with Crippen LogP contribution in [0.15, 0.2) is 24.3 Å². The second-order valence-corrected chi connectivity index (χ2v) is 5.87. The number of amides is 1. The number of carbonyl (C=O) groups excluding carboxylic acids is 1. The Morgan fingerprint density at radius 1 is 1.32 bits per heavy atom. The molecule has 2 N–H and O–H groups in total. The van der Waals surface area contributed by atoms with Gasteiger partial charge >= 0.3 is 0 Å². The monoisotopic (exact) mass is 299 g/mol.